The zero-order valence-corrected chi connectivity index (χ0v) is 12.7. The van der Waals surface area contributed by atoms with E-state index < -0.39 is 0 Å². The van der Waals surface area contributed by atoms with Crippen molar-refractivity contribution in [1.82, 2.24) is 9.71 Å². The number of fused-ring (bicyclic) bond motifs is 1. The third-order valence-corrected chi connectivity index (χ3v) is 3.54. The van der Waals surface area contributed by atoms with Crippen LogP contribution in [-0.4, -0.2) is 40.6 Å². The highest BCUT2D eigenvalue weighted by Gasteiger charge is 2.16. The minimum Gasteiger partial charge on any atom is -0.619 e. The first-order chi connectivity index (χ1) is 11.0. The Balaban J connectivity index is 2.17. The van der Waals surface area contributed by atoms with Crippen molar-refractivity contribution in [3.05, 3.63) is 41.6 Å². The molecule has 0 atom stereocenters. The Morgan fingerprint density at radius 2 is 1.87 bits per heavy atom. The maximum atomic E-state index is 11.3. The van der Waals surface area contributed by atoms with Gasteiger partial charge in [0.2, 0.25) is 5.69 Å². The molecule has 3 rings (SSSR count). The zero-order valence-electron chi connectivity index (χ0n) is 12.7. The molecule has 3 aromatic rings. The smallest absolute Gasteiger partial charge is 0.218 e. The molecule has 0 unspecified atom stereocenters. The van der Waals surface area contributed by atoms with Crippen molar-refractivity contribution in [2.24, 2.45) is 0 Å². The van der Waals surface area contributed by atoms with E-state index in [2.05, 4.69) is 11.7 Å². The molecule has 0 bridgehead atoms. The lowest BCUT2D eigenvalue weighted by Crippen LogP contribution is -1.96. The fourth-order valence-corrected chi connectivity index (χ4v) is 2.37. The van der Waals surface area contributed by atoms with Gasteiger partial charge in [0.05, 0.1) is 19.7 Å². The minimum absolute atomic E-state index is 0.326. The average Bonchev–Trinajstić information content (AvgIpc) is 2.90. The molecule has 118 valence electrons. The van der Waals surface area contributed by atoms with Crippen molar-refractivity contribution in [3.8, 4) is 22.9 Å². The van der Waals surface area contributed by atoms with Crippen molar-refractivity contribution in [2.45, 2.75) is 0 Å². The van der Waals surface area contributed by atoms with Crippen LogP contribution in [0.25, 0.3) is 22.4 Å². The summed E-state index contributed by atoms with van der Waals surface area (Å²) in [5.41, 5.74) is 1.95. The van der Waals surface area contributed by atoms with E-state index in [1.54, 1.807) is 37.4 Å². The Labute approximate surface area is 132 Å². The van der Waals surface area contributed by atoms with E-state index >= 15 is 0 Å². The van der Waals surface area contributed by atoms with E-state index in [1.807, 2.05) is 0 Å². The first-order valence-electron chi connectivity index (χ1n) is 6.77. The molecule has 0 aliphatic carbocycles. The predicted octanol–water partition coefficient (Wildman–Crippen LogP) is 2.80. The van der Waals surface area contributed by atoms with Crippen LogP contribution in [0.1, 0.15) is 0 Å². The van der Waals surface area contributed by atoms with E-state index in [1.165, 1.54) is 13.2 Å². The molecule has 0 fully saturated rings. The first-order valence-corrected chi connectivity index (χ1v) is 6.77. The minimum atomic E-state index is 0.326. The number of ether oxygens (including phenoxy) is 2. The monoisotopic (exact) mass is 313 g/mol. The predicted molar refractivity (Wildman–Crippen MR) is 85.9 cm³/mol. The van der Waals surface area contributed by atoms with Crippen molar-refractivity contribution >= 4 is 23.4 Å². The summed E-state index contributed by atoms with van der Waals surface area (Å²) in [6.07, 6.45) is 0. The van der Waals surface area contributed by atoms with Gasteiger partial charge in [0, 0.05) is 17.7 Å². The normalized spacial score (nSPS) is 10.7. The maximum Gasteiger partial charge on any atom is 0.218 e. The Morgan fingerprint density at radius 1 is 1.13 bits per heavy atom. The van der Waals surface area contributed by atoms with Crippen LogP contribution in [-0.2, 0) is 0 Å². The Morgan fingerprint density at radius 3 is 2.52 bits per heavy atom. The molecule has 1 N–H and O–H groups in total. The Kier molecular flexibility index (Phi) is 3.53. The third-order valence-electron chi connectivity index (χ3n) is 3.54. The van der Waals surface area contributed by atoms with Gasteiger partial charge < -0.3 is 19.9 Å². The molecule has 0 aliphatic heterocycles. The lowest BCUT2D eigenvalue weighted by Gasteiger charge is -2.09. The quantitative estimate of drug-likeness (QED) is 0.263. The van der Waals surface area contributed by atoms with Crippen LogP contribution >= 0.6 is 0 Å². The van der Waals surface area contributed by atoms with Crippen molar-refractivity contribution < 1.29 is 19.4 Å². The summed E-state index contributed by atoms with van der Waals surface area (Å²) in [5, 5.41) is 21.7. The number of methoxy groups -OCH3 is 2. The molecule has 0 radical (unpaired) electrons. The molecule has 7 heteroatoms. The highest BCUT2D eigenvalue weighted by atomic mass is 16.5. The fraction of sp³-hybridized carbons (Fsp3) is 0.125. The van der Waals surface area contributed by atoms with Gasteiger partial charge in [-0.3, -0.25) is 0 Å². The number of imidazole rings is 1. The van der Waals surface area contributed by atoms with Gasteiger partial charge in [-0.25, -0.2) is 4.98 Å². The summed E-state index contributed by atoms with van der Waals surface area (Å²) in [7, 11) is 3.08. The molecule has 0 aliphatic rings. The Bertz CT molecular complexity index is 902. The van der Waals surface area contributed by atoms with Crippen LogP contribution in [0.4, 0.5) is 5.69 Å². The SMILES string of the molecule is C=[N+]([O-])c1ccc2nc(-c3ccc(OC)c(OC)c3)n(O)c2c1. The molecule has 7 nitrogen and oxygen atoms in total. The van der Waals surface area contributed by atoms with Crippen molar-refractivity contribution in [1.29, 1.82) is 0 Å². The topological polar surface area (TPSA) is 82.6 Å². The van der Waals surface area contributed by atoms with Crippen molar-refractivity contribution in [3.63, 3.8) is 0 Å². The molecule has 0 saturated heterocycles. The van der Waals surface area contributed by atoms with Crippen LogP contribution in [0.5, 0.6) is 11.5 Å². The summed E-state index contributed by atoms with van der Waals surface area (Å²) >= 11 is 0. The number of benzene rings is 2. The van der Waals surface area contributed by atoms with Crippen LogP contribution < -0.4 is 9.47 Å². The molecule has 0 saturated carbocycles. The molecule has 1 aromatic heterocycles. The van der Waals surface area contributed by atoms with E-state index in [4.69, 9.17) is 9.47 Å². The molecular weight excluding hydrogens is 298 g/mol. The number of aromatic nitrogens is 2. The number of hydrogen-bond donors (Lipinski definition) is 1. The maximum absolute atomic E-state index is 11.3. The van der Waals surface area contributed by atoms with Gasteiger partial charge in [-0.15, -0.1) is 0 Å². The van der Waals surface area contributed by atoms with Gasteiger partial charge in [0.15, 0.2) is 17.3 Å². The number of nitrogens with zero attached hydrogens (tertiary/aromatic N) is 3. The summed E-state index contributed by atoms with van der Waals surface area (Å²) in [6, 6.07) is 9.97. The average molecular weight is 313 g/mol. The lowest BCUT2D eigenvalue weighted by atomic mass is 10.2. The highest BCUT2D eigenvalue weighted by Crippen LogP contribution is 2.33. The van der Waals surface area contributed by atoms with Crippen LogP contribution in [0, 0.1) is 5.21 Å². The molecule has 2 aromatic carbocycles. The van der Waals surface area contributed by atoms with Gasteiger partial charge in [0.25, 0.3) is 0 Å². The van der Waals surface area contributed by atoms with E-state index in [0.29, 0.717) is 44.3 Å². The second-order valence-electron chi connectivity index (χ2n) is 4.87. The van der Waals surface area contributed by atoms with Gasteiger partial charge in [-0.2, -0.15) is 9.47 Å². The van der Waals surface area contributed by atoms with Gasteiger partial charge >= 0.3 is 0 Å². The molecule has 0 amide bonds. The summed E-state index contributed by atoms with van der Waals surface area (Å²) in [5.74, 6) is 1.44. The molecule has 1 heterocycles. The van der Waals surface area contributed by atoms with Crippen molar-refractivity contribution in [2.75, 3.05) is 14.2 Å². The van der Waals surface area contributed by atoms with E-state index in [9.17, 15) is 10.4 Å². The van der Waals surface area contributed by atoms with Gasteiger partial charge in [-0.1, -0.05) is 0 Å². The lowest BCUT2D eigenvalue weighted by molar-refractivity contribution is -0.349. The fourth-order valence-electron chi connectivity index (χ4n) is 2.37. The third kappa shape index (κ3) is 2.42. The standard InChI is InChI=1S/C16H15N3O4/c1-18(20)11-5-6-12-13(9-11)19(21)16(17-12)10-4-7-14(22-2)15(8-10)23-3/h4-9,21H,1H2,2-3H3. The van der Waals surface area contributed by atoms with E-state index in [0.717, 1.165) is 4.73 Å². The largest absolute Gasteiger partial charge is 0.619 e. The second kappa shape index (κ2) is 5.53. The van der Waals surface area contributed by atoms with Crippen LogP contribution in [0.2, 0.25) is 0 Å². The summed E-state index contributed by atoms with van der Waals surface area (Å²) in [4.78, 5) is 4.39. The zero-order chi connectivity index (χ0) is 16.6. The van der Waals surface area contributed by atoms with Gasteiger partial charge in [-0.05, 0) is 24.3 Å². The Hall–Kier alpha value is -3.22. The van der Waals surface area contributed by atoms with Crippen LogP contribution in [0.3, 0.4) is 0 Å². The second-order valence-corrected chi connectivity index (χ2v) is 4.87. The highest BCUT2D eigenvalue weighted by molar-refractivity contribution is 5.82. The molecule has 0 spiro atoms. The molecular formula is C16H15N3O4. The first kappa shape index (κ1) is 14.7. The van der Waals surface area contributed by atoms with Crippen LogP contribution in [0.15, 0.2) is 36.4 Å². The number of hydrogen-bond acceptors (Lipinski definition) is 5. The summed E-state index contributed by atoms with van der Waals surface area (Å²) in [6.45, 7) is 3.29. The number of rotatable bonds is 4. The summed E-state index contributed by atoms with van der Waals surface area (Å²) < 4.78 is 11.9. The molecule has 23 heavy (non-hydrogen) atoms. The van der Waals surface area contributed by atoms with Gasteiger partial charge in [0.1, 0.15) is 12.2 Å². The van der Waals surface area contributed by atoms with E-state index in [-0.39, 0.29) is 0 Å².